The van der Waals surface area contributed by atoms with E-state index in [1.807, 2.05) is 0 Å². The van der Waals surface area contributed by atoms with Gasteiger partial charge in [-0.1, -0.05) is 12.1 Å². The van der Waals surface area contributed by atoms with E-state index in [0.29, 0.717) is 16.7 Å². The monoisotopic (exact) mass is 430 g/mol. The van der Waals surface area contributed by atoms with Crippen LogP contribution in [0.15, 0.2) is 41.6 Å². The molecule has 0 amide bonds. The molecule has 1 aliphatic heterocycles. The molecule has 11 heteroatoms. The summed E-state index contributed by atoms with van der Waals surface area (Å²) in [4.78, 5) is 24.1. The fraction of sp³-hybridized carbons (Fsp3) is 0.263. The number of rotatable bonds is 4. The summed E-state index contributed by atoms with van der Waals surface area (Å²) in [6.45, 7) is 0.130. The minimum Gasteiger partial charge on any atom is -0.407 e. The molecular weight excluding hydrogens is 412 g/mol. The number of carbonyl (C=O) groups excluding carboxylic acids is 2. The van der Waals surface area contributed by atoms with Gasteiger partial charge in [-0.2, -0.15) is 5.10 Å². The minimum absolute atomic E-state index is 0.0586. The van der Waals surface area contributed by atoms with Crippen LogP contribution in [0.4, 0.5) is 0 Å². The Labute approximate surface area is 171 Å². The number of carbonyl (C=O) groups is 2. The molecule has 0 atom stereocenters. The van der Waals surface area contributed by atoms with Crippen LogP contribution in [-0.4, -0.2) is 46.2 Å². The van der Waals surface area contributed by atoms with Crippen LogP contribution in [-0.2, 0) is 33.0 Å². The molecule has 0 aliphatic carbocycles. The molecule has 0 radical (unpaired) electrons. The first kappa shape index (κ1) is 19.8. The zero-order valence-electron chi connectivity index (χ0n) is 16.2. The lowest BCUT2D eigenvalue weighted by atomic mass is 10.1. The minimum atomic E-state index is -3.34. The molecule has 1 aromatic carbocycles. The Hall–Kier alpha value is -3.47. The van der Waals surface area contributed by atoms with Crippen molar-refractivity contribution < 1.29 is 27.5 Å². The van der Waals surface area contributed by atoms with Gasteiger partial charge in [0.1, 0.15) is 0 Å². The van der Waals surface area contributed by atoms with E-state index in [1.165, 1.54) is 10.7 Å². The van der Waals surface area contributed by atoms with Crippen molar-refractivity contribution in [3.8, 4) is 22.9 Å². The van der Waals surface area contributed by atoms with E-state index in [2.05, 4.69) is 10.2 Å². The third kappa shape index (κ3) is 3.96. The molecule has 2 bridgehead atoms. The highest BCUT2D eigenvalue weighted by molar-refractivity contribution is 7.90. The van der Waals surface area contributed by atoms with Gasteiger partial charge >= 0.3 is 11.9 Å². The Morgan fingerprint density at radius 2 is 1.83 bits per heavy atom. The average Bonchev–Trinajstić information content (AvgIpc) is 3.27. The molecule has 1 aliphatic rings. The first-order chi connectivity index (χ1) is 14.2. The first-order valence-corrected chi connectivity index (χ1v) is 10.9. The molecule has 156 valence electrons. The number of ether oxygens (including phenoxy) is 2. The van der Waals surface area contributed by atoms with Gasteiger partial charge in [0.05, 0.1) is 36.0 Å². The van der Waals surface area contributed by atoms with Gasteiger partial charge in [0.25, 0.3) is 5.88 Å². The van der Waals surface area contributed by atoms with Crippen LogP contribution in [0, 0.1) is 0 Å². The summed E-state index contributed by atoms with van der Waals surface area (Å²) < 4.78 is 37.2. The van der Waals surface area contributed by atoms with Crippen LogP contribution < -0.4 is 9.47 Å². The van der Waals surface area contributed by atoms with Crippen molar-refractivity contribution in [2.45, 2.75) is 24.3 Å². The Bertz CT molecular complexity index is 1260. The predicted molar refractivity (Wildman–Crippen MR) is 104 cm³/mol. The lowest BCUT2D eigenvalue weighted by molar-refractivity contribution is -0.140. The van der Waals surface area contributed by atoms with Gasteiger partial charge in [0.15, 0.2) is 9.84 Å². The van der Waals surface area contributed by atoms with Crippen molar-refractivity contribution >= 4 is 21.8 Å². The van der Waals surface area contributed by atoms with Crippen molar-refractivity contribution in [3.05, 3.63) is 42.2 Å². The number of esters is 2. The number of benzene rings is 1. The Morgan fingerprint density at radius 1 is 1.10 bits per heavy atom. The van der Waals surface area contributed by atoms with E-state index >= 15 is 0 Å². The smallest absolute Gasteiger partial charge is 0.313 e. The third-order valence-corrected chi connectivity index (χ3v) is 5.66. The van der Waals surface area contributed by atoms with Crippen molar-refractivity contribution in [2.24, 2.45) is 7.05 Å². The summed E-state index contributed by atoms with van der Waals surface area (Å²) in [7, 11) is -1.76. The van der Waals surface area contributed by atoms with Crippen LogP contribution in [0.1, 0.15) is 18.4 Å². The highest BCUT2D eigenvalue weighted by atomic mass is 32.2. The second kappa shape index (κ2) is 7.41. The lowest BCUT2D eigenvalue weighted by Gasteiger charge is -2.06. The van der Waals surface area contributed by atoms with Crippen molar-refractivity contribution in [1.82, 2.24) is 19.6 Å². The quantitative estimate of drug-likeness (QED) is 0.568. The van der Waals surface area contributed by atoms with Gasteiger partial charge in [-0.25, -0.2) is 13.1 Å². The number of aryl methyl sites for hydroxylation is 1. The van der Waals surface area contributed by atoms with E-state index < -0.39 is 21.8 Å². The van der Waals surface area contributed by atoms with Gasteiger partial charge in [0, 0.05) is 25.1 Å². The predicted octanol–water partition coefficient (Wildman–Crippen LogP) is 1.34. The maximum atomic E-state index is 12.0. The molecule has 0 unspecified atom stereocenters. The molecule has 0 saturated carbocycles. The van der Waals surface area contributed by atoms with Crippen LogP contribution in [0.2, 0.25) is 0 Å². The molecule has 3 heterocycles. The normalized spacial score (nSPS) is 14.5. The Morgan fingerprint density at radius 3 is 2.57 bits per heavy atom. The van der Waals surface area contributed by atoms with Crippen LogP contribution in [0.3, 0.4) is 0 Å². The molecule has 2 aromatic heterocycles. The van der Waals surface area contributed by atoms with Gasteiger partial charge in [-0.3, -0.25) is 14.3 Å². The summed E-state index contributed by atoms with van der Waals surface area (Å²) in [5, 5.41) is 8.42. The molecule has 10 nitrogen and oxygen atoms in total. The van der Waals surface area contributed by atoms with Crippen LogP contribution in [0.25, 0.3) is 11.1 Å². The van der Waals surface area contributed by atoms with E-state index in [1.54, 1.807) is 42.3 Å². The zero-order valence-corrected chi connectivity index (χ0v) is 17.0. The second-order valence-electron chi connectivity index (χ2n) is 6.89. The largest absolute Gasteiger partial charge is 0.407 e. The van der Waals surface area contributed by atoms with Gasteiger partial charge in [-0.15, -0.1) is 5.10 Å². The fourth-order valence-electron chi connectivity index (χ4n) is 3.06. The van der Waals surface area contributed by atoms with Crippen LogP contribution in [0.5, 0.6) is 11.8 Å². The first-order valence-electron chi connectivity index (χ1n) is 9.01. The van der Waals surface area contributed by atoms with Gasteiger partial charge in [-0.05, 0) is 17.7 Å². The van der Waals surface area contributed by atoms with Crippen molar-refractivity contribution in [2.75, 3.05) is 6.26 Å². The topological polar surface area (TPSA) is 122 Å². The highest BCUT2D eigenvalue weighted by Gasteiger charge is 2.26. The molecule has 30 heavy (non-hydrogen) atoms. The standard InChI is InChI=1S/C19H18N4O6S/c1-22-19-15(18(21-22)28-16(24)6-7-17(25)29-19)11-23-10-13(9-20-23)12-4-3-5-14(8-12)30(2,26)27/h3-5,8-10H,6-7,11H2,1-2H3. The number of hydrogen-bond acceptors (Lipinski definition) is 8. The fourth-order valence-corrected chi connectivity index (χ4v) is 3.73. The lowest BCUT2D eigenvalue weighted by Crippen LogP contribution is -2.15. The number of fused-ring (bicyclic) bond motifs is 2. The molecule has 0 saturated heterocycles. The summed E-state index contributed by atoms with van der Waals surface area (Å²) in [6.07, 6.45) is 4.28. The van der Waals surface area contributed by atoms with E-state index in [4.69, 9.17) is 9.47 Å². The van der Waals surface area contributed by atoms with Gasteiger partial charge < -0.3 is 9.47 Å². The van der Waals surface area contributed by atoms with Crippen molar-refractivity contribution in [3.63, 3.8) is 0 Å². The molecule has 0 N–H and O–H groups in total. The zero-order chi connectivity index (χ0) is 21.5. The summed E-state index contributed by atoms with van der Waals surface area (Å²) in [6, 6.07) is 6.54. The molecule has 3 aromatic rings. The van der Waals surface area contributed by atoms with E-state index in [-0.39, 0.29) is 36.0 Å². The maximum absolute atomic E-state index is 12.0. The number of hydrogen-bond donors (Lipinski definition) is 0. The molecular formula is C19H18N4O6S. The molecule has 0 spiro atoms. The number of sulfone groups is 1. The second-order valence-corrected chi connectivity index (χ2v) is 8.90. The van der Waals surface area contributed by atoms with Gasteiger partial charge in [0.2, 0.25) is 5.88 Å². The SMILES string of the molecule is Cn1nc2c(Cn3cc(-c4cccc(S(C)(=O)=O)c4)cn3)c1OC(=O)CCC(=O)O2. The highest BCUT2D eigenvalue weighted by Crippen LogP contribution is 2.31. The summed E-state index contributed by atoms with van der Waals surface area (Å²) in [5.41, 5.74) is 1.79. The number of nitrogens with zero attached hydrogens (tertiary/aromatic N) is 4. The maximum Gasteiger partial charge on any atom is 0.313 e. The van der Waals surface area contributed by atoms with E-state index in [0.717, 1.165) is 6.26 Å². The van der Waals surface area contributed by atoms with Crippen molar-refractivity contribution in [1.29, 1.82) is 0 Å². The third-order valence-electron chi connectivity index (χ3n) is 4.55. The summed E-state index contributed by atoms with van der Waals surface area (Å²) >= 11 is 0. The Balaban J connectivity index is 1.67. The molecule has 4 rings (SSSR count). The number of aromatic nitrogens is 4. The van der Waals surface area contributed by atoms with Crippen LogP contribution >= 0.6 is 0 Å². The average molecular weight is 430 g/mol. The van der Waals surface area contributed by atoms with E-state index in [9.17, 15) is 18.0 Å². The molecule has 0 fully saturated rings. The summed E-state index contributed by atoms with van der Waals surface area (Å²) in [5.74, 6) is -0.883. The Kier molecular flexibility index (Phi) is 4.90.